The highest BCUT2D eigenvalue weighted by Gasteiger charge is 2.45. The van der Waals surface area contributed by atoms with Crippen LogP contribution in [0.15, 0.2) is 29.2 Å². The minimum absolute atomic E-state index is 0.00603. The normalized spacial score (nSPS) is 29.5. The fraction of sp³-hybridized carbons (Fsp3) is 0.625. The van der Waals surface area contributed by atoms with Crippen molar-refractivity contribution in [2.24, 2.45) is 0 Å². The van der Waals surface area contributed by atoms with E-state index in [1.165, 1.54) is 0 Å². The molecule has 22 heavy (non-hydrogen) atoms. The lowest BCUT2D eigenvalue weighted by Gasteiger charge is -2.35. The summed E-state index contributed by atoms with van der Waals surface area (Å²) in [5.74, 6) is 0. The number of hydrogen-bond donors (Lipinski definition) is 0. The van der Waals surface area contributed by atoms with Crippen LogP contribution in [0.3, 0.4) is 0 Å². The number of nitrogens with zero attached hydrogens (tertiary/aromatic N) is 1. The Morgan fingerprint density at radius 2 is 2.14 bits per heavy atom. The van der Waals surface area contributed by atoms with Gasteiger partial charge in [-0.3, -0.25) is 0 Å². The standard InChI is InChI=1S/C16H23NO4S/c1-12-4-3-5-14(10-12)22(18,19)17-9-8-16-15(17)7-6-13(21-16)11-20-2/h3-5,10,13,15-16H,6-9,11H2,1-2H3/t13-,15-,16-/m0/s1. The quantitative estimate of drug-likeness (QED) is 0.849. The van der Waals surface area contributed by atoms with Gasteiger partial charge in [-0.05, 0) is 43.9 Å². The van der Waals surface area contributed by atoms with E-state index in [0.717, 1.165) is 24.8 Å². The lowest BCUT2D eigenvalue weighted by Crippen LogP contribution is -2.45. The molecule has 1 aromatic rings. The second-order valence-corrected chi connectivity index (χ2v) is 8.01. The van der Waals surface area contributed by atoms with Crippen LogP contribution >= 0.6 is 0 Å². The topological polar surface area (TPSA) is 55.8 Å². The first-order chi connectivity index (χ1) is 10.5. The van der Waals surface area contributed by atoms with Crippen LogP contribution in [0.25, 0.3) is 0 Å². The number of sulfonamides is 1. The number of hydrogen-bond acceptors (Lipinski definition) is 4. The molecule has 5 nitrogen and oxygen atoms in total. The fourth-order valence-corrected chi connectivity index (χ4v) is 5.28. The summed E-state index contributed by atoms with van der Waals surface area (Å²) in [5.41, 5.74) is 0.955. The molecule has 0 bridgehead atoms. The summed E-state index contributed by atoms with van der Waals surface area (Å²) in [7, 11) is -1.77. The molecule has 0 saturated carbocycles. The Morgan fingerprint density at radius 3 is 2.86 bits per heavy atom. The summed E-state index contributed by atoms with van der Waals surface area (Å²) in [6.07, 6.45) is 2.52. The van der Waals surface area contributed by atoms with Crippen molar-refractivity contribution in [2.45, 2.75) is 49.3 Å². The zero-order chi connectivity index (χ0) is 15.7. The van der Waals surface area contributed by atoms with Crippen molar-refractivity contribution in [2.75, 3.05) is 20.3 Å². The van der Waals surface area contributed by atoms with Crippen LogP contribution in [-0.4, -0.2) is 51.2 Å². The van der Waals surface area contributed by atoms with Crippen LogP contribution in [-0.2, 0) is 19.5 Å². The van der Waals surface area contributed by atoms with Crippen LogP contribution in [0, 0.1) is 6.92 Å². The summed E-state index contributed by atoms with van der Waals surface area (Å²) in [6.45, 7) is 3.02. The predicted molar refractivity (Wildman–Crippen MR) is 83.2 cm³/mol. The highest BCUT2D eigenvalue weighted by Crippen LogP contribution is 2.35. The van der Waals surface area contributed by atoms with Gasteiger partial charge >= 0.3 is 0 Å². The van der Waals surface area contributed by atoms with E-state index in [1.807, 2.05) is 13.0 Å². The van der Waals surface area contributed by atoms with Crippen molar-refractivity contribution >= 4 is 10.0 Å². The molecule has 6 heteroatoms. The van der Waals surface area contributed by atoms with Gasteiger partial charge in [0.25, 0.3) is 0 Å². The average Bonchev–Trinajstić information content (AvgIpc) is 2.91. The Morgan fingerprint density at radius 1 is 1.32 bits per heavy atom. The predicted octanol–water partition coefficient (Wildman–Crippen LogP) is 1.95. The van der Waals surface area contributed by atoms with Crippen LogP contribution in [0.5, 0.6) is 0 Å². The zero-order valence-corrected chi connectivity index (χ0v) is 13.9. The summed E-state index contributed by atoms with van der Waals surface area (Å²) >= 11 is 0. The smallest absolute Gasteiger partial charge is 0.243 e. The molecular formula is C16H23NO4S. The highest BCUT2D eigenvalue weighted by molar-refractivity contribution is 7.89. The van der Waals surface area contributed by atoms with Gasteiger partial charge in [-0.25, -0.2) is 8.42 Å². The molecule has 3 rings (SSSR count). The molecule has 1 aromatic carbocycles. The Bertz CT molecular complexity index is 631. The molecule has 0 amide bonds. The number of rotatable bonds is 4. The van der Waals surface area contributed by atoms with E-state index < -0.39 is 10.0 Å². The van der Waals surface area contributed by atoms with Crippen LogP contribution in [0.4, 0.5) is 0 Å². The Kier molecular flexibility index (Phi) is 4.54. The maximum Gasteiger partial charge on any atom is 0.243 e. The van der Waals surface area contributed by atoms with E-state index in [-0.39, 0.29) is 18.2 Å². The van der Waals surface area contributed by atoms with Crippen molar-refractivity contribution < 1.29 is 17.9 Å². The molecule has 2 aliphatic heterocycles. The van der Waals surface area contributed by atoms with Crippen molar-refractivity contribution in [3.05, 3.63) is 29.8 Å². The molecule has 2 fully saturated rings. The molecular weight excluding hydrogens is 302 g/mol. The highest BCUT2D eigenvalue weighted by atomic mass is 32.2. The zero-order valence-electron chi connectivity index (χ0n) is 13.1. The molecule has 0 aliphatic carbocycles. The van der Waals surface area contributed by atoms with Gasteiger partial charge in [-0.2, -0.15) is 4.31 Å². The first kappa shape index (κ1) is 15.9. The molecule has 0 aromatic heterocycles. The summed E-state index contributed by atoms with van der Waals surface area (Å²) in [6, 6.07) is 7.07. The number of methoxy groups -OCH3 is 1. The monoisotopic (exact) mass is 325 g/mol. The van der Waals surface area contributed by atoms with Crippen molar-refractivity contribution in [1.29, 1.82) is 0 Å². The molecule has 2 saturated heterocycles. The third kappa shape index (κ3) is 2.93. The van der Waals surface area contributed by atoms with E-state index in [1.54, 1.807) is 29.6 Å². The Hall–Kier alpha value is -0.950. The van der Waals surface area contributed by atoms with Crippen LogP contribution in [0.1, 0.15) is 24.8 Å². The van der Waals surface area contributed by atoms with E-state index in [2.05, 4.69) is 0 Å². The van der Waals surface area contributed by atoms with E-state index >= 15 is 0 Å². The third-order valence-electron chi connectivity index (χ3n) is 4.53. The SMILES string of the molecule is COC[C@@H]1CC[C@H]2[C@H](CCN2S(=O)(=O)c2cccc(C)c2)O1. The van der Waals surface area contributed by atoms with E-state index in [0.29, 0.717) is 18.0 Å². The maximum atomic E-state index is 12.9. The number of fused-ring (bicyclic) bond motifs is 1. The number of benzene rings is 1. The molecule has 0 N–H and O–H groups in total. The van der Waals surface area contributed by atoms with E-state index in [4.69, 9.17) is 9.47 Å². The fourth-order valence-electron chi connectivity index (χ4n) is 3.48. The second-order valence-electron chi connectivity index (χ2n) is 6.12. The second kappa shape index (κ2) is 6.28. The van der Waals surface area contributed by atoms with Gasteiger partial charge in [-0.15, -0.1) is 0 Å². The van der Waals surface area contributed by atoms with Crippen LogP contribution in [0.2, 0.25) is 0 Å². The van der Waals surface area contributed by atoms with Crippen molar-refractivity contribution in [3.8, 4) is 0 Å². The molecule has 0 spiro atoms. The minimum Gasteiger partial charge on any atom is -0.382 e. The van der Waals surface area contributed by atoms with Gasteiger partial charge in [0.1, 0.15) is 0 Å². The molecule has 122 valence electrons. The summed E-state index contributed by atoms with van der Waals surface area (Å²) in [4.78, 5) is 0.382. The molecule has 0 unspecified atom stereocenters. The Labute approximate surface area is 132 Å². The number of aryl methyl sites for hydroxylation is 1. The molecule has 2 aliphatic rings. The Balaban J connectivity index is 1.79. The molecule has 2 heterocycles. The summed E-state index contributed by atoms with van der Waals surface area (Å²) < 4.78 is 38.6. The minimum atomic E-state index is -3.44. The van der Waals surface area contributed by atoms with Gasteiger partial charge in [-0.1, -0.05) is 12.1 Å². The molecule has 0 radical (unpaired) electrons. The van der Waals surface area contributed by atoms with Crippen LogP contribution < -0.4 is 0 Å². The van der Waals surface area contributed by atoms with E-state index in [9.17, 15) is 8.42 Å². The van der Waals surface area contributed by atoms with Gasteiger partial charge < -0.3 is 9.47 Å². The lowest BCUT2D eigenvalue weighted by molar-refractivity contribution is -0.0872. The summed E-state index contributed by atoms with van der Waals surface area (Å²) in [5, 5.41) is 0. The largest absolute Gasteiger partial charge is 0.382 e. The van der Waals surface area contributed by atoms with Gasteiger partial charge in [0, 0.05) is 13.7 Å². The van der Waals surface area contributed by atoms with Gasteiger partial charge in [0.05, 0.1) is 29.8 Å². The maximum absolute atomic E-state index is 12.9. The van der Waals surface area contributed by atoms with Crippen molar-refractivity contribution in [3.63, 3.8) is 0 Å². The number of ether oxygens (including phenoxy) is 2. The van der Waals surface area contributed by atoms with Gasteiger partial charge in [0.2, 0.25) is 10.0 Å². The van der Waals surface area contributed by atoms with Crippen molar-refractivity contribution in [1.82, 2.24) is 4.31 Å². The average molecular weight is 325 g/mol. The van der Waals surface area contributed by atoms with Gasteiger partial charge in [0.15, 0.2) is 0 Å². The lowest BCUT2D eigenvalue weighted by atomic mass is 10.0. The third-order valence-corrected chi connectivity index (χ3v) is 6.45. The molecule has 3 atom stereocenters. The first-order valence-corrected chi connectivity index (χ1v) is 9.19. The first-order valence-electron chi connectivity index (χ1n) is 7.75.